The third kappa shape index (κ3) is 2.20. The number of thiol groups is 1. The minimum Gasteiger partial charge on any atom is -0.370 e. The molecule has 0 aromatic heterocycles. The summed E-state index contributed by atoms with van der Waals surface area (Å²) >= 11 is 6.39. The second kappa shape index (κ2) is 4.49. The lowest BCUT2D eigenvalue weighted by Crippen LogP contribution is -2.32. The lowest BCUT2D eigenvalue weighted by atomic mass is 10.2. The van der Waals surface area contributed by atoms with E-state index in [1.165, 1.54) is 35.8 Å². The van der Waals surface area contributed by atoms with E-state index in [0.29, 0.717) is 0 Å². The summed E-state index contributed by atoms with van der Waals surface area (Å²) in [6, 6.07) is 6.40. The van der Waals surface area contributed by atoms with Gasteiger partial charge in [-0.3, -0.25) is 0 Å². The third-order valence-corrected chi connectivity index (χ3v) is 3.75. The highest BCUT2D eigenvalue weighted by Crippen LogP contribution is 2.25. The van der Waals surface area contributed by atoms with Crippen molar-refractivity contribution in [2.24, 2.45) is 0 Å². The molecule has 14 heavy (non-hydrogen) atoms. The van der Waals surface area contributed by atoms with Gasteiger partial charge in [0.1, 0.15) is 0 Å². The lowest BCUT2D eigenvalue weighted by molar-refractivity contribution is 0.853. The van der Waals surface area contributed by atoms with E-state index in [9.17, 15) is 0 Å². The van der Waals surface area contributed by atoms with Gasteiger partial charge in [0.2, 0.25) is 0 Å². The van der Waals surface area contributed by atoms with Crippen LogP contribution in [0.25, 0.3) is 0 Å². The molecule has 0 spiro atoms. The van der Waals surface area contributed by atoms with Crippen LogP contribution >= 0.6 is 24.4 Å². The number of hydrogen-bond acceptors (Lipinski definition) is 3. The van der Waals surface area contributed by atoms with Crippen molar-refractivity contribution in [2.45, 2.75) is 11.8 Å². The van der Waals surface area contributed by atoms with Crippen LogP contribution in [0.15, 0.2) is 23.1 Å². The van der Waals surface area contributed by atoms with E-state index < -0.39 is 0 Å². The summed E-state index contributed by atoms with van der Waals surface area (Å²) in [6.45, 7) is 4.52. The van der Waals surface area contributed by atoms with Crippen molar-refractivity contribution in [3.05, 3.63) is 23.8 Å². The van der Waals surface area contributed by atoms with Gasteiger partial charge in [0, 0.05) is 35.2 Å². The van der Waals surface area contributed by atoms with Crippen LogP contribution in [0.2, 0.25) is 0 Å². The maximum absolute atomic E-state index is 4.34. The Kier molecular flexibility index (Phi) is 3.29. The van der Waals surface area contributed by atoms with Gasteiger partial charge < -0.3 is 4.90 Å². The molecule has 76 valence electrons. The molecule has 0 bridgehead atoms. The molecular weight excluding hydrogens is 210 g/mol. The number of hydrogen-bond donors (Lipinski definition) is 1. The molecule has 0 amide bonds. The summed E-state index contributed by atoms with van der Waals surface area (Å²) < 4.78 is 0. The number of rotatable bonds is 1. The molecule has 1 aromatic rings. The average Bonchev–Trinajstić information content (AvgIpc) is 2.19. The molecule has 0 unspecified atom stereocenters. The van der Waals surface area contributed by atoms with Crippen LogP contribution < -0.4 is 4.90 Å². The molecule has 1 heterocycles. The summed E-state index contributed by atoms with van der Waals surface area (Å²) in [5.74, 6) is 2.50. The zero-order chi connectivity index (χ0) is 9.97. The monoisotopic (exact) mass is 225 g/mol. The second-order valence-corrected chi connectivity index (χ2v) is 5.31. The minimum atomic E-state index is 1.05. The second-order valence-electron chi connectivity index (χ2n) is 3.57. The first-order chi connectivity index (χ1) is 6.77. The van der Waals surface area contributed by atoms with E-state index >= 15 is 0 Å². The van der Waals surface area contributed by atoms with Gasteiger partial charge in [-0.05, 0) is 30.7 Å². The van der Waals surface area contributed by atoms with Gasteiger partial charge in [0.15, 0.2) is 0 Å². The van der Waals surface area contributed by atoms with E-state index in [2.05, 4.69) is 42.7 Å². The molecule has 1 nitrogen and oxygen atoms in total. The summed E-state index contributed by atoms with van der Waals surface area (Å²) in [5.41, 5.74) is 2.72. The fourth-order valence-electron chi connectivity index (χ4n) is 1.80. The number of aryl methyl sites for hydroxylation is 1. The van der Waals surface area contributed by atoms with Gasteiger partial charge in [0.05, 0.1) is 0 Å². The Balaban J connectivity index is 2.22. The quantitative estimate of drug-likeness (QED) is 0.732. The van der Waals surface area contributed by atoms with Gasteiger partial charge in [0.25, 0.3) is 0 Å². The van der Waals surface area contributed by atoms with Gasteiger partial charge in [-0.15, -0.1) is 12.6 Å². The SMILES string of the molecule is Cc1cc(S)ccc1N1CCSCC1. The first-order valence-electron chi connectivity index (χ1n) is 4.90. The zero-order valence-electron chi connectivity index (χ0n) is 8.36. The Morgan fingerprint density at radius 1 is 1.29 bits per heavy atom. The molecule has 1 fully saturated rings. The summed E-state index contributed by atoms with van der Waals surface area (Å²) in [7, 11) is 0. The average molecular weight is 225 g/mol. The number of anilines is 1. The van der Waals surface area contributed by atoms with Crippen molar-refractivity contribution in [3.63, 3.8) is 0 Å². The van der Waals surface area contributed by atoms with Crippen molar-refractivity contribution in [3.8, 4) is 0 Å². The zero-order valence-corrected chi connectivity index (χ0v) is 10.1. The Labute approximate surface area is 95.3 Å². The van der Waals surface area contributed by atoms with Gasteiger partial charge >= 0.3 is 0 Å². The van der Waals surface area contributed by atoms with Crippen molar-refractivity contribution < 1.29 is 0 Å². The minimum absolute atomic E-state index is 1.05. The molecule has 3 heteroatoms. The highest BCUT2D eigenvalue weighted by Gasteiger charge is 2.12. The molecule has 1 aliphatic rings. The number of thioether (sulfide) groups is 1. The van der Waals surface area contributed by atoms with Crippen LogP contribution in [-0.2, 0) is 0 Å². The fraction of sp³-hybridized carbons (Fsp3) is 0.455. The van der Waals surface area contributed by atoms with Gasteiger partial charge in [-0.2, -0.15) is 11.8 Å². The number of nitrogens with zero attached hydrogens (tertiary/aromatic N) is 1. The molecule has 1 saturated heterocycles. The Hall–Kier alpha value is -0.280. The Morgan fingerprint density at radius 2 is 2.00 bits per heavy atom. The van der Waals surface area contributed by atoms with Crippen LogP contribution in [0.1, 0.15) is 5.56 Å². The van der Waals surface area contributed by atoms with E-state index in [-0.39, 0.29) is 0 Å². The van der Waals surface area contributed by atoms with E-state index in [0.717, 1.165) is 4.90 Å². The first-order valence-corrected chi connectivity index (χ1v) is 6.50. The third-order valence-electron chi connectivity index (χ3n) is 2.53. The van der Waals surface area contributed by atoms with E-state index in [1.807, 2.05) is 11.8 Å². The Bertz CT molecular complexity index is 319. The highest BCUT2D eigenvalue weighted by molar-refractivity contribution is 7.99. The first kappa shape index (κ1) is 10.2. The van der Waals surface area contributed by atoms with Crippen LogP contribution in [-0.4, -0.2) is 24.6 Å². The van der Waals surface area contributed by atoms with Crippen LogP contribution in [0.5, 0.6) is 0 Å². The van der Waals surface area contributed by atoms with Crippen LogP contribution in [0.4, 0.5) is 5.69 Å². The normalized spacial score (nSPS) is 17.1. The molecule has 0 radical (unpaired) electrons. The summed E-state index contributed by atoms with van der Waals surface area (Å²) in [6.07, 6.45) is 0. The topological polar surface area (TPSA) is 3.24 Å². The van der Waals surface area contributed by atoms with E-state index in [4.69, 9.17) is 0 Å². The molecule has 1 aromatic carbocycles. The standard InChI is InChI=1S/C11H15NS2/c1-9-8-10(13)2-3-11(9)12-4-6-14-7-5-12/h2-3,8,13H,4-7H2,1H3. The molecule has 1 aliphatic heterocycles. The van der Waals surface area contributed by atoms with Crippen LogP contribution in [0.3, 0.4) is 0 Å². The summed E-state index contributed by atoms with van der Waals surface area (Å²) in [5, 5.41) is 0. The van der Waals surface area contributed by atoms with E-state index in [1.54, 1.807) is 0 Å². The maximum Gasteiger partial charge on any atom is 0.0397 e. The smallest absolute Gasteiger partial charge is 0.0397 e. The highest BCUT2D eigenvalue weighted by atomic mass is 32.2. The van der Waals surface area contributed by atoms with Crippen molar-refractivity contribution in [1.29, 1.82) is 0 Å². The van der Waals surface area contributed by atoms with Crippen molar-refractivity contribution >= 4 is 30.1 Å². The van der Waals surface area contributed by atoms with Crippen molar-refractivity contribution in [2.75, 3.05) is 29.5 Å². The fourth-order valence-corrected chi connectivity index (χ4v) is 2.97. The molecule has 2 rings (SSSR count). The van der Waals surface area contributed by atoms with Gasteiger partial charge in [-0.1, -0.05) is 0 Å². The maximum atomic E-state index is 4.34. The van der Waals surface area contributed by atoms with Gasteiger partial charge in [-0.25, -0.2) is 0 Å². The molecule has 0 atom stereocenters. The lowest BCUT2D eigenvalue weighted by Gasteiger charge is -2.29. The predicted octanol–water partition coefficient (Wildman–Crippen LogP) is 2.84. The predicted molar refractivity (Wildman–Crippen MR) is 68.0 cm³/mol. The molecular formula is C11H15NS2. The molecule has 0 saturated carbocycles. The summed E-state index contributed by atoms with van der Waals surface area (Å²) in [4.78, 5) is 3.52. The molecule has 0 aliphatic carbocycles. The number of benzene rings is 1. The Morgan fingerprint density at radius 3 is 2.64 bits per heavy atom. The van der Waals surface area contributed by atoms with Crippen molar-refractivity contribution in [1.82, 2.24) is 0 Å². The molecule has 0 N–H and O–H groups in total. The van der Waals surface area contributed by atoms with Crippen LogP contribution in [0, 0.1) is 6.92 Å². The largest absolute Gasteiger partial charge is 0.370 e.